The van der Waals surface area contributed by atoms with Gasteiger partial charge in [-0.05, 0) is 44.2 Å². The van der Waals surface area contributed by atoms with Gasteiger partial charge in [0.1, 0.15) is 0 Å². The third-order valence-electron chi connectivity index (χ3n) is 4.36. The Hall–Kier alpha value is -0.930. The fourth-order valence-corrected chi connectivity index (χ4v) is 3.39. The first-order chi connectivity index (χ1) is 8.75. The zero-order valence-electron chi connectivity index (χ0n) is 10.9. The Balaban J connectivity index is 1.81. The van der Waals surface area contributed by atoms with Crippen molar-refractivity contribution < 1.29 is 9.84 Å². The number of aliphatic hydroxyl groups is 1. The molecule has 98 valence electrons. The summed E-state index contributed by atoms with van der Waals surface area (Å²) < 4.78 is 5.58. The Morgan fingerprint density at radius 1 is 1.50 bits per heavy atom. The number of aryl methyl sites for hydroxylation is 1. The minimum Gasteiger partial charge on any atom is -0.392 e. The van der Waals surface area contributed by atoms with Crippen LogP contribution in [-0.2, 0) is 11.2 Å². The Morgan fingerprint density at radius 2 is 2.39 bits per heavy atom. The molecule has 0 spiro atoms. The normalized spacial score (nSPS) is 33.1. The van der Waals surface area contributed by atoms with E-state index in [4.69, 9.17) is 4.74 Å². The molecule has 2 aliphatic rings. The largest absolute Gasteiger partial charge is 0.392 e. The highest BCUT2D eigenvalue weighted by Gasteiger charge is 2.36. The predicted octanol–water partition coefficient (Wildman–Crippen LogP) is 2.29. The lowest BCUT2D eigenvalue weighted by Gasteiger charge is -2.31. The summed E-state index contributed by atoms with van der Waals surface area (Å²) in [5, 5.41) is 10.6. The molecule has 0 radical (unpaired) electrons. The molecule has 0 amide bonds. The van der Waals surface area contributed by atoms with Crippen LogP contribution in [0.1, 0.15) is 43.4 Å². The van der Waals surface area contributed by atoms with Gasteiger partial charge in [-0.15, -0.1) is 0 Å². The fraction of sp³-hybridized carbons (Fsp3) is 0.667. The van der Waals surface area contributed by atoms with E-state index in [0.29, 0.717) is 6.61 Å². The second-order valence-electron chi connectivity index (χ2n) is 5.68. The van der Waals surface area contributed by atoms with Crippen LogP contribution in [0.5, 0.6) is 0 Å². The Morgan fingerprint density at radius 3 is 3.17 bits per heavy atom. The Labute approximate surface area is 108 Å². The molecule has 4 unspecified atom stereocenters. The maximum atomic E-state index is 10.6. The molecule has 3 heteroatoms. The third-order valence-corrected chi connectivity index (χ3v) is 4.36. The van der Waals surface area contributed by atoms with E-state index in [1.165, 1.54) is 5.56 Å². The van der Waals surface area contributed by atoms with Crippen LogP contribution in [0.25, 0.3) is 0 Å². The summed E-state index contributed by atoms with van der Waals surface area (Å²) in [7, 11) is 0. The zero-order valence-corrected chi connectivity index (χ0v) is 10.9. The molecule has 4 atom stereocenters. The topological polar surface area (TPSA) is 42.4 Å². The summed E-state index contributed by atoms with van der Waals surface area (Å²) in [4.78, 5) is 4.51. The van der Waals surface area contributed by atoms with Crippen molar-refractivity contribution in [2.45, 2.75) is 50.7 Å². The van der Waals surface area contributed by atoms with Crippen LogP contribution in [0, 0.1) is 5.92 Å². The average Bonchev–Trinajstić information content (AvgIpc) is 2.84. The summed E-state index contributed by atoms with van der Waals surface area (Å²) >= 11 is 0. The predicted molar refractivity (Wildman–Crippen MR) is 69.4 cm³/mol. The highest BCUT2D eigenvalue weighted by Crippen LogP contribution is 2.37. The summed E-state index contributed by atoms with van der Waals surface area (Å²) in [5.41, 5.74) is 2.44. The second-order valence-corrected chi connectivity index (χ2v) is 5.68. The van der Waals surface area contributed by atoms with Crippen molar-refractivity contribution in [1.82, 2.24) is 4.98 Å². The van der Waals surface area contributed by atoms with Gasteiger partial charge in [-0.25, -0.2) is 0 Å². The highest BCUT2D eigenvalue weighted by molar-refractivity contribution is 5.27. The molecule has 3 rings (SSSR count). The summed E-state index contributed by atoms with van der Waals surface area (Å²) in [6.07, 6.45) is 6.11. The van der Waals surface area contributed by atoms with Crippen molar-refractivity contribution in [3.63, 3.8) is 0 Å². The maximum Gasteiger partial charge on any atom is 0.0675 e. The van der Waals surface area contributed by atoms with Gasteiger partial charge in [0.15, 0.2) is 0 Å². The number of pyridine rings is 1. The second kappa shape index (κ2) is 4.98. The van der Waals surface area contributed by atoms with Crippen molar-refractivity contribution in [2.75, 3.05) is 6.61 Å². The van der Waals surface area contributed by atoms with Gasteiger partial charge in [0.05, 0.1) is 18.8 Å². The Bertz CT molecular complexity index is 421. The molecule has 1 aliphatic carbocycles. The molecular weight excluding hydrogens is 226 g/mol. The van der Waals surface area contributed by atoms with Gasteiger partial charge < -0.3 is 9.84 Å². The molecule has 18 heavy (non-hydrogen) atoms. The number of hydrogen-bond acceptors (Lipinski definition) is 3. The lowest BCUT2D eigenvalue weighted by atomic mass is 9.78. The molecule has 0 bridgehead atoms. The van der Waals surface area contributed by atoms with Crippen molar-refractivity contribution in [3.05, 3.63) is 29.6 Å². The molecule has 2 heterocycles. The molecule has 0 saturated carbocycles. The first-order valence-electron chi connectivity index (χ1n) is 6.99. The number of hydrogen-bond donors (Lipinski definition) is 1. The molecule has 1 aliphatic heterocycles. The van der Waals surface area contributed by atoms with E-state index in [1.807, 2.05) is 12.3 Å². The van der Waals surface area contributed by atoms with Crippen LogP contribution >= 0.6 is 0 Å². The number of aromatic nitrogens is 1. The van der Waals surface area contributed by atoms with Gasteiger partial charge in [-0.1, -0.05) is 6.07 Å². The van der Waals surface area contributed by atoms with Gasteiger partial charge in [0, 0.05) is 23.7 Å². The zero-order chi connectivity index (χ0) is 12.5. The van der Waals surface area contributed by atoms with E-state index in [0.717, 1.165) is 31.4 Å². The quantitative estimate of drug-likeness (QED) is 0.872. The van der Waals surface area contributed by atoms with Crippen LogP contribution in [0.2, 0.25) is 0 Å². The van der Waals surface area contributed by atoms with Crippen LogP contribution < -0.4 is 0 Å². The highest BCUT2D eigenvalue weighted by atomic mass is 16.5. The fourth-order valence-electron chi connectivity index (χ4n) is 3.39. The monoisotopic (exact) mass is 247 g/mol. The van der Waals surface area contributed by atoms with Crippen molar-refractivity contribution in [2.24, 2.45) is 5.92 Å². The lowest BCUT2D eigenvalue weighted by Crippen LogP contribution is -2.31. The SMILES string of the molecule is CC1CC(C(O)C2CCCc3cccnc32)CO1. The molecule has 1 aromatic rings. The van der Waals surface area contributed by atoms with Gasteiger partial charge in [0.25, 0.3) is 0 Å². The van der Waals surface area contributed by atoms with Crippen LogP contribution in [0.3, 0.4) is 0 Å². The van der Waals surface area contributed by atoms with Gasteiger partial charge in [-0.2, -0.15) is 0 Å². The number of fused-ring (bicyclic) bond motifs is 1. The number of ether oxygens (including phenoxy) is 1. The van der Waals surface area contributed by atoms with Crippen LogP contribution in [0.4, 0.5) is 0 Å². The van der Waals surface area contributed by atoms with Gasteiger partial charge >= 0.3 is 0 Å². The standard InChI is InChI=1S/C15H21NO2/c1-10-8-12(9-18-10)15(17)13-6-2-4-11-5-3-7-16-14(11)13/h3,5,7,10,12-13,15,17H,2,4,6,8-9H2,1H3. The summed E-state index contributed by atoms with van der Waals surface area (Å²) in [6, 6.07) is 4.14. The van der Waals surface area contributed by atoms with E-state index < -0.39 is 0 Å². The minimum atomic E-state index is -0.302. The van der Waals surface area contributed by atoms with E-state index in [9.17, 15) is 5.11 Å². The summed E-state index contributed by atoms with van der Waals surface area (Å²) in [6.45, 7) is 2.78. The molecular formula is C15H21NO2. The molecule has 1 fully saturated rings. The lowest BCUT2D eigenvalue weighted by molar-refractivity contribution is 0.0577. The third kappa shape index (κ3) is 2.17. The van der Waals surface area contributed by atoms with Crippen LogP contribution in [-0.4, -0.2) is 28.9 Å². The summed E-state index contributed by atoms with van der Waals surface area (Å²) in [5.74, 6) is 0.479. The first kappa shape index (κ1) is 12.1. The van der Waals surface area contributed by atoms with Crippen LogP contribution in [0.15, 0.2) is 18.3 Å². The Kier molecular flexibility index (Phi) is 3.35. The first-order valence-corrected chi connectivity index (χ1v) is 6.99. The smallest absolute Gasteiger partial charge is 0.0675 e. The minimum absolute atomic E-state index is 0.203. The van der Waals surface area contributed by atoms with E-state index in [2.05, 4.69) is 18.0 Å². The van der Waals surface area contributed by atoms with Gasteiger partial charge in [0.2, 0.25) is 0 Å². The van der Waals surface area contributed by atoms with Gasteiger partial charge in [-0.3, -0.25) is 4.98 Å². The van der Waals surface area contributed by atoms with E-state index in [-0.39, 0.29) is 24.0 Å². The number of rotatable bonds is 2. The average molecular weight is 247 g/mol. The molecule has 1 N–H and O–H groups in total. The molecule has 0 aromatic carbocycles. The van der Waals surface area contributed by atoms with Crippen molar-refractivity contribution >= 4 is 0 Å². The molecule has 3 nitrogen and oxygen atoms in total. The number of nitrogens with zero attached hydrogens (tertiary/aromatic N) is 1. The molecule has 1 aromatic heterocycles. The van der Waals surface area contributed by atoms with E-state index >= 15 is 0 Å². The molecule has 1 saturated heterocycles. The van der Waals surface area contributed by atoms with Crippen molar-refractivity contribution in [1.29, 1.82) is 0 Å². The van der Waals surface area contributed by atoms with E-state index in [1.54, 1.807) is 0 Å². The number of aliphatic hydroxyl groups excluding tert-OH is 1. The maximum absolute atomic E-state index is 10.6. The van der Waals surface area contributed by atoms with Crippen molar-refractivity contribution in [3.8, 4) is 0 Å².